The van der Waals surface area contributed by atoms with Crippen molar-refractivity contribution in [1.29, 1.82) is 0 Å². The SMILES string of the molecule is Cc1cc([N+](=O)[O-])c(Cl)cc1NC(=O)[C@H](N)C(C)C. The molecule has 1 aromatic rings. The number of carbonyl (C=O) groups excluding carboxylic acids is 1. The fourth-order valence-electron chi connectivity index (χ4n) is 1.46. The first kappa shape index (κ1) is 15.4. The Morgan fingerprint density at radius 1 is 1.47 bits per heavy atom. The van der Waals surface area contributed by atoms with Gasteiger partial charge in [-0.05, 0) is 24.5 Å². The van der Waals surface area contributed by atoms with Crippen molar-refractivity contribution in [2.75, 3.05) is 5.32 Å². The monoisotopic (exact) mass is 285 g/mol. The highest BCUT2D eigenvalue weighted by molar-refractivity contribution is 6.33. The Morgan fingerprint density at radius 3 is 2.53 bits per heavy atom. The molecule has 19 heavy (non-hydrogen) atoms. The van der Waals surface area contributed by atoms with Crippen molar-refractivity contribution in [2.45, 2.75) is 26.8 Å². The highest BCUT2D eigenvalue weighted by Gasteiger charge is 2.20. The number of halogens is 1. The number of nitrogens with two attached hydrogens (primary N) is 1. The molecule has 0 saturated heterocycles. The number of nitrogens with one attached hydrogen (secondary N) is 1. The van der Waals surface area contributed by atoms with E-state index >= 15 is 0 Å². The van der Waals surface area contributed by atoms with Crippen LogP contribution in [0.5, 0.6) is 0 Å². The van der Waals surface area contributed by atoms with Gasteiger partial charge in [-0.3, -0.25) is 14.9 Å². The summed E-state index contributed by atoms with van der Waals surface area (Å²) in [5.74, 6) is -0.350. The number of nitro groups is 1. The zero-order chi connectivity index (χ0) is 14.7. The summed E-state index contributed by atoms with van der Waals surface area (Å²) in [4.78, 5) is 22.0. The molecule has 0 bridgehead atoms. The van der Waals surface area contributed by atoms with E-state index in [-0.39, 0.29) is 22.5 Å². The Kier molecular flexibility index (Phi) is 4.85. The Bertz CT molecular complexity index is 517. The van der Waals surface area contributed by atoms with Crippen LogP contribution in [0.3, 0.4) is 0 Å². The number of nitrogens with zero attached hydrogens (tertiary/aromatic N) is 1. The summed E-state index contributed by atoms with van der Waals surface area (Å²) in [6.45, 7) is 5.32. The highest BCUT2D eigenvalue weighted by atomic mass is 35.5. The molecule has 3 N–H and O–H groups in total. The van der Waals surface area contributed by atoms with Gasteiger partial charge in [0, 0.05) is 11.8 Å². The first-order valence-corrected chi connectivity index (χ1v) is 6.12. The van der Waals surface area contributed by atoms with Crippen LogP contribution in [0.15, 0.2) is 12.1 Å². The lowest BCUT2D eigenvalue weighted by atomic mass is 10.0. The quantitative estimate of drug-likeness (QED) is 0.656. The predicted molar refractivity (Wildman–Crippen MR) is 74.3 cm³/mol. The third-order valence-corrected chi connectivity index (χ3v) is 3.07. The van der Waals surface area contributed by atoms with Crippen LogP contribution in [-0.4, -0.2) is 16.9 Å². The number of hydrogen-bond donors (Lipinski definition) is 2. The average Bonchev–Trinajstić information content (AvgIpc) is 2.31. The van der Waals surface area contributed by atoms with E-state index < -0.39 is 11.0 Å². The number of anilines is 1. The number of aryl methyl sites for hydroxylation is 1. The van der Waals surface area contributed by atoms with E-state index in [1.807, 2.05) is 13.8 Å². The lowest BCUT2D eigenvalue weighted by Gasteiger charge is -2.16. The fraction of sp³-hybridized carbons (Fsp3) is 0.417. The fourth-order valence-corrected chi connectivity index (χ4v) is 1.69. The third-order valence-electron chi connectivity index (χ3n) is 2.77. The van der Waals surface area contributed by atoms with Crippen LogP contribution in [0.25, 0.3) is 0 Å². The van der Waals surface area contributed by atoms with Crippen LogP contribution < -0.4 is 11.1 Å². The lowest BCUT2D eigenvalue weighted by molar-refractivity contribution is -0.384. The van der Waals surface area contributed by atoms with Crippen molar-refractivity contribution in [2.24, 2.45) is 11.7 Å². The van der Waals surface area contributed by atoms with Gasteiger partial charge in [0.1, 0.15) is 5.02 Å². The van der Waals surface area contributed by atoms with Gasteiger partial charge >= 0.3 is 0 Å². The normalized spacial score (nSPS) is 12.3. The van der Waals surface area contributed by atoms with E-state index in [0.717, 1.165) is 0 Å². The van der Waals surface area contributed by atoms with Gasteiger partial charge in [0.05, 0.1) is 11.0 Å². The van der Waals surface area contributed by atoms with E-state index in [2.05, 4.69) is 5.32 Å². The van der Waals surface area contributed by atoms with Gasteiger partial charge in [-0.2, -0.15) is 0 Å². The van der Waals surface area contributed by atoms with E-state index in [9.17, 15) is 14.9 Å². The summed E-state index contributed by atoms with van der Waals surface area (Å²) in [6, 6.07) is 2.03. The van der Waals surface area contributed by atoms with Crippen molar-refractivity contribution in [1.82, 2.24) is 0 Å². The zero-order valence-corrected chi connectivity index (χ0v) is 11.7. The molecule has 1 rings (SSSR count). The first-order valence-electron chi connectivity index (χ1n) is 5.75. The van der Waals surface area contributed by atoms with Crippen molar-refractivity contribution in [3.05, 3.63) is 32.8 Å². The molecule has 0 aliphatic heterocycles. The highest BCUT2D eigenvalue weighted by Crippen LogP contribution is 2.30. The van der Waals surface area contributed by atoms with Gasteiger partial charge in [0.25, 0.3) is 5.69 Å². The molecule has 0 saturated carbocycles. The van der Waals surface area contributed by atoms with Crippen molar-refractivity contribution in [3.63, 3.8) is 0 Å². The molecular formula is C12H16ClN3O3. The maximum atomic E-state index is 11.8. The van der Waals surface area contributed by atoms with Crippen LogP contribution >= 0.6 is 11.6 Å². The number of amides is 1. The Hall–Kier alpha value is -1.66. The Labute approximate surface area is 116 Å². The van der Waals surface area contributed by atoms with E-state index in [0.29, 0.717) is 11.3 Å². The van der Waals surface area contributed by atoms with Crippen LogP contribution in [0.4, 0.5) is 11.4 Å². The molecule has 104 valence electrons. The molecule has 7 heteroatoms. The van der Waals surface area contributed by atoms with Crippen molar-refractivity contribution in [3.8, 4) is 0 Å². The number of carbonyl (C=O) groups is 1. The van der Waals surface area contributed by atoms with Gasteiger partial charge in [-0.15, -0.1) is 0 Å². The molecule has 0 heterocycles. The lowest BCUT2D eigenvalue weighted by Crippen LogP contribution is -2.39. The van der Waals surface area contributed by atoms with Crippen LogP contribution in [0.1, 0.15) is 19.4 Å². The molecule has 0 unspecified atom stereocenters. The van der Waals surface area contributed by atoms with Gasteiger partial charge < -0.3 is 11.1 Å². The molecule has 1 atom stereocenters. The Balaban J connectivity index is 3.01. The van der Waals surface area contributed by atoms with Gasteiger partial charge in [-0.1, -0.05) is 25.4 Å². The molecule has 1 aromatic carbocycles. The second-order valence-corrected chi connectivity index (χ2v) is 5.04. The summed E-state index contributed by atoms with van der Waals surface area (Å²) < 4.78 is 0. The second kappa shape index (κ2) is 5.99. The minimum atomic E-state index is -0.645. The molecule has 0 aliphatic carbocycles. The minimum absolute atomic E-state index is 0.00572. The first-order chi connectivity index (χ1) is 8.73. The number of nitro benzene ring substituents is 1. The summed E-state index contributed by atoms with van der Waals surface area (Å²) in [7, 11) is 0. The summed E-state index contributed by atoms with van der Waals surface area (Å²) >= 11 is 5.80. The summed E-state index contributed by atoms with van der Waals surface area (Å²) in [5.41, 5.74) is 6.51. The van der Waals surface area contributed by atoms with E-state index in [1.165, 1.54) is 12.1 Å². The Morgan fingerprint density at radius 2 is 2.05 bits per heavy atom. The van der Waals surface area contributed by atoms with Gasteiger partial charge in [0.15, 0.2) is 0 Å². The summed E-state index contributed by atoms with van der Waals surface area (Å²) in [6.07, 6.45) is 0. The minimum Gasteiger partial charge on any atom is -0.324 e. The molecular weight excluding hydrogens is 270 g/mol. The number of hydrogen-bond acceptors (Lipinski definition) is 4. The van der Waals surface area contributed by atoms with Crippen LogP contribution in [0, 0.1) is 23.0 Å². The zero-order valence-electron chi connectivity index (χ0n) is 10.9. The van der Waals surface area contributed by atoms with E-state index in [1.54, 1.807) is 6.92 Å². The van der Waals surface area contributed by atoms with Gasteiger partial charge in [0.2, 0.25) is 5.91 Å². The second-order valence-electron chi connectivity index (χ2n) is 4.63. The predicted octanol–water partition coefficient (Wildman–Crippen LogP) is 2.48. The molecule has 0 radical (unpaired) electrons. The summed E-state index contributed by atoms with van der Waals surface area (Å²) in [5, 5.41) is 13.3. The van der Waals surface area contributed by atoms with Crippen LogP contribution in [0.2, 0.25) is 5.02 Å². The standard InChI is InChI=1S/C12H16ClN3O3/c1-6(2)11(14)12(17)15-9-5-8(13)10(16(18)19)4-7(9)3/h4-6,11H,14H2,1-3H3,(H,15,17)/t11-/m1/s1. The third kappa shape index (κ3) is 3.65. The maximum Gasteiger partial charge on any atom is 0.288 e. The molecule has 1 amide bonds. The molecule has 0 spiro atoms. The topological polar surface area (TPSA) is 98.3 Å². The smallest absolute Gasteiger partial charge is 0.288 e. The molecule has 0 aliphatic rings. The number of rotatable bonds is 4. The van der Waals surface area contributed by atoms with Crippen LogP contribution in [-0.2, 0) is 4.79 Å². The molecule has 0 fully saturated rings. The van der Waals surface area contributed by atoms with E-state index in [4.69, 9.17) is 17.3 Å². The number of benzene rings is 1. The molecule has 0 aromatic heterocycles. The van der Waals surface area contributed by atoms with Crippen molar-refractivity contribution < 1.29 is 9.72 Å². The maximum absolute atomic E-state index is 11.8. The average molecular weight is 286 g/mol. The largest absolute Gasteiger partial charge is 0.324 e. The molecule has 6 nitrogen and oxygen atoms in total. The van der Waals surface area contributed by atoms with Crippen molar-refractivity contribution >= 4 is 28.9 Å². The van der Waals surface area contributed by atoms with Gasteiger partial charge in [-0.25, -0.2) is 0 Å².